The third kappa shape index (κ3) is 4.53. The number of halogens is 2. The maximum atomic E-state index is 13.8. The highest BCUT2D eigenvalue weighted by molar-refractivity contribution is 9.10. The number of rotatable bonds is 6. The van der Waals surface area contributed by atoms with Gasteiger partial charge in [-0.3, -0.25) is 4.79 Å². The van der Waals surface area contributed by atoms with E-state index in [1.165, 1.54) is 12.1 Å². The highest BCUT2D eigenvalue weighted by Crippen LogP contribution is 2.23. The van der Waals surface area contributed by atoms with Crippen LogP contribution >= 0.6 is 15.9 Å². The molecule has 0 aliphatic carbocycles. The molecule has 0 saturated carbocycles. The Morgan fingerprint density at radius 2 is 2.04 bits per heavy atom. The molecule has 2 rings (SSSR count). The third-order valence-corrected chi connectivity index (χ3v) is 3.68. The average molecular weight is 382 g/mol. The molecule has 1 amide bonds. The molecule has 23 heavy (non-hydrogen) atoms. The van der Waals surface area contributed by atoms with Crippen molar-refractivity contribution in [2.75, 3.05) is 19.0 Å². The predicted molar refractivity (Wildman–Crippen MR) is 90.4 cm³/mol. The van der Waals surface area contributed by atoms with Gasteiger partial charge in [0.05, 0.1) is 19.4 Å². The lowest BCUT2D eigenvalue weighted by atomic mass is 10.1. The van der Waals surface area contributed by atoms with Gasteiger partial charge in [-0.2, -0.15) is 0 Å². The number of hydrogen-bond acceptors (Lipinski definition) is 3. The van der Waals surface area contributed by atoms with Gasteiger partial charge in [0.2, 0.25) is 0 Å². The van der Waals surface area contributed by atoms with Crippen LogP contribution in [0.1, 0.15) is 22.8 Å². The molecule has 0 unspecified atom stereocenters. The third-order valence-electron chi connectivity index (χ3n) is 3.18. The first-order valence-electron chi connectivity index (χ1n) is 7.06. The minimum absolute atomic E-state index is 0.125. The van der Waals surface area contributed by atoms with Crippen LogP contribution in [0.25, 0.3) is 0 Å². The zero-order chi connectivity index (χ0) is 16.8. The molecule has 4 nitrogen and oxygen atoms in total. The molecular formula is C17H17BrFNO3. The molecule has 2 aromatic carbocycles. The molecule has 0 spiro atoms. The summed E-state index contributed by atoms with van der Waals surface area (Å²) >= 11 is 3.18. The van der Waals surface area contributed by atoms with Crippen LogP contribution in [-0.2, 0) is 11.3 Å². The minimum atomic E-state index is -0.504. The lowest BCUT2D eigenvalue weighted by molar-refractivity contribution is 0.102. The molecule has 0 fully saturated rings. The van der Waals surface area contributed by atoms with E-state index in [4.69, 9.17) is 9.47 Å². The van der Waals surface area contributed by atoms with Crippen molar-refractivity contribution in [1.82, 2.24) is 0 Å². The average Bonchev–Trinajstić information content (AvgIpc) is 2.55. The molecular weight excluding hydrogens is 365 g/mol. The molecule has 6 heteroatoms. The van der Waals surface area contributed by atoms with Crippen LogP contribution in [0.5, 0.6) is 5.75 Å². The Balaban J connectivity index is 2.21. The molecule has 0 aliphatic heterocycles. The largest absolute Gasteiger partial charge is 0.496 e. The molecule has 0 aliphatic rings. The summed E-state index contributed by atoms with van der Waals surface area (Å²) in [5.41, 5.74) is 1.29. The number of hydrogen-bond donors (Lipinski definition) is 1. The van der Waals surface area contributed by atoms with E-state index < -0.39 is 11.7 Å². The number of amides is 1. The number of anilines is 1. The van der Waals surface area contributed by atoms with Crippen molar-refractivity contribution in [2.24, 2.45) is 0 Å². The van der Waals surface area contributed by atoms with Gasteiger partial charge in [-0.15, -0.1) is 0 Å². The minimum Gasteiger partial charge on any atom is -0.496 e. The standard InChI is InChI=1S/C17H17BrFNO3/c1-3-23-10-12-8-11(4-7-16(12)22-2)17(21)20-15-6-5-13(18)9-14(15)19/h4-9H,3,10H2,1-2H3,(H,20,21). The van der Waals surface area contributed by atoms with Gasteiger partial charge in [-0.1, -0.05) is 15.9 Å². The quantitative estimate of drug-likeness (QED) is 0.807. The Hall–Kier alpha value is -1.92. The highest BCUT2D eigenvalue weighted by atomic mass is 79.9. The fraction of sp³-hybridized carbons (Fsp3) is 0.235. The van der Waals surface area contributed by atoms with Crippen LogP contribution in [0.3, 0.4) is 0 Å². The van der Waals surface area contributed by atoms with Crippen LogP contribution in [0.2, 0.25) is 0 Å². The van der Waals surface area contributed by atoms with E-state index in [1.54, 1.807) is 31.4 Å². The first kappa shape index (κ1) is 17.4. The zero-order valence-corrected chi connectivity index (χ0v) is 14.4. The number of nitrogens with one attached hydrogen (secondary N) is 1. The lowest BCUT2D eigenvalue weighted by Gasteiger charge is -2.11. The van der Waals surface area contributed by atoms with Crippen LogP contribution < -0.4 is 10.1 Å². The Bertz CT molecular complexity index is 706. The van der Waals surface area contributed by atoms with Gasteiger partial charge in [0.1, 0.15) is 11.6 Å². The number of carbonyl (C=O) groups excluding carboxylic acids is 1. The fourth-order valence-electron chi connectivity index (χ4n) is 2.03. The molecule has 122 valence electrons. The number of methoxy groups -OCH3 is 1. The second kappa shape index (κ2) is 8.08. The first-order valence-corrected chi connectivity index (χ1v) is 7.85. The summed E-state index contributed by atoms with van der Waals surface area (Å²) in [5, 5.41) is 2.56. The van der Waals surface area contributed by atoms with Gasteiger partial charge in [0, 0.05) is 22.2 Å². The molecule has 0 bridgehead atoms. The van der Waals surface area contributed by atoms with Crippen LogP contribution in [0, 0.1) is 5.82 Å². The predicted octanol–water partition coefficient (Wildman–Crippen LogP) is 4.39. The summed E-state index contributed by atoms with van der Waals surface area (Å²) in [7, 11) is 1.56. The Morgan fingerprint density at radius 3 is 2.70 bits per heavy atom. The van der Waals surface area contributed by atoms with Crippen LogP contribution in [0.4, 0.5) is 10.1 Å². The van der Waals surface area contributed by atoms with Crippen molar-refractivity contribution in [3.8, 4) is 5.75 Å². The summed E-state index contributed by atoms with van der Waals surface area (Å²) < 4.78 is 25.0. The second-order valence-corrected chi connectivity index (χ2v) is 5.66. The van der Waals surface area contributed by atoms with Gasteiger partial charge in [0.25, 0.3) is 5.91 Å². The zero-order valence-electron chi connectivity index (χ0n) is 12.9. The van der Waals surface area contributed by atoms with Crippen molar-refractivity contribution in [1.29, 1.82) is 0 Å². The highest BCUT2D eigenvalue weighted by Gasteiger charge is 2.12. The van der Waals surface area contributed by atoms with Crippen molar-refractivity contribution in [3.05, 3.63) is 57.8 Å². The lowest BCUT2D eigenvalue weighted by Crippen LogP contribution is -2.13. The molecule has 0 aromatic heterocycles. The monoisotopic (exact) mass is 381 g/mol. The molecule has 0 heterocycles. The second-order valence-electron chi connectivity index (χ2n) is 4.74. The van der Waals surface area contributed by atoms with E-state index in [0.717, 1.165) is 5.56 Å². The Kier molecular flexibility index (Phi) is 6.12. The summed E-state index contributed by atoms with van der Waals surface area (Å²) in [5.74, 6) is -0.257. The van der Waals surface area contributed by atoms with E-state index in [9.17, 15) is 9.18 Å². The molecule has 2 aromatic rings. The van der Waals surface area contributed by atoms with E-state index in [-0.39, 0.29) is 5.69 Å². The van der Waals surface area contributed by atoms with Crippen LogP contribution in [0.15, 0.2) is 40.9 Å². The molecule has 1 N–H and O–H groups in total. The van der Waals surface area contributed by atoms with Crippen molar-refractivity contribution < 1.29 is 18.7 Å². The summed E-state index contributed by atoms with van der Waals surface area (Å²) in [6.07, 6.45) is 0. The fourth-order valence-corrected chi connectivity index (χ4v) is 2.36. The van der Waals surface area contributed by atoms with Gasteiger partial charge in [-0.05, 0) is 43.3 Å². The normalized spacial score (nSPS) is 10.4. The van der Waals surface area contributed by atoms with Crippen molar-refractivity contribution in [2.45, 2.75) is 13.5 Å². The molecule has 0 atom stereocenters. The smallest absolute Gasteiger partial charge is 0.255 e. The van der Waals surface area contributed by atoms with E-state index >= 15 is 0 Å². The van der Waals surface area contributed by atoms with Gasteiger partial charge in [-0.25, -0.2) is 4.39 Å². The first-order chi connectivity index (χ1) is 11.0. The summed E-state index contributed by atoms with van der Waals surface area (Å²) in [4.78, 5) is 12.3. The Labute approximate surface area is 142 Å². The SMILES string of the molecule is CCOCc1cc(C(=O)Nc2ccc(Br)cc2F)ccc1OC. The topological polar surface area (TPSA) is 47.6 Å². The van der Waals surface area contributed by atoms with Gasteiger partial charge >= 0.3 is 0 Å². The summed E-state index contributed by atoms with van der Waals surface area (Å²) in [6.45, 7) is 2.79. The maximum absolute atomic E-state index is 13.8. The molecule has 0 radical (unpaired) electrons. The van der Waals surface area contributed by atoms with Gasteiger partial charge < -0.3 is 14.8 Å². The van der Waals surface area contributed by atoms with E-state index in [1.807, 2.05) is 6.92 Å². The van der Waals surface area contributed by atoms with Crippen molar-refractivity contribution in [3.63, 3.8) is 0 Å². The Morgan fingerprint density at radius 1 is 1.26 bits per heavy atom. The number of carbonyl (C=O) groups is 1. The number of benzene rings is 2. The van der Waals surface area contributed by atoms with E-state index in [2.05, 4.69) is 21.2 Å². The molecule has 0 saturated heterocycles. The maximum Gasteiger partial charge on any atom is 0.255 e. The summed E-state index contributed by atoms with van der Waals surface area (Å²) in [6, 6.07) is 9.46. The van der Waals surface area contributed by atoms with E-state index in [0.29, 0.717) is 29.0 Å². The number of ether oxygens (including phenoxy) is 2. The van der Waals surface area contributed by atoms with Gasteiger partial charge in [0.15, 0.2) is 0 Å². The van der Waals surface area contributed by atoms with Crippen LogP contribution in [-0.4, -0.2) is 19.6 Å². The van der Waals surface area contributed by atoms with Crippen molar-refractivity contribution >= 4 is 27.5 Å².